The number of amides is 1. The fourth-order valence-corrected chi connectivity index (χ4v) is 3.47. The summed E-state index contributed by atoms with van der Waals surface area (Å²) < 4.78 is 5.45. The molecule has 0 spiro atoms. The minimum absolute atomic E-state index is 0.254. The quantitative estimate of drug-likeness (QED) is 0.753. The summed E-state index contributed by atoms with van der Waals surface area (Å²) in [5, 5.41) is 3.28. The van der Waals surface area contributed by atoms with Crippen LogP contribution in [0.1, 0.15) is 51.3 Å². The maximum Gasteiger partial charge on any atom is 0.410 e. The van der Waals surface area contributed by atoms with Gasteiger partial charge in [0.2, 0.25) is 0 Å². The number of rotatable bonds is 1. The molecule has 3 heterocycles. The van der Waals surface area contributed by atoms with Crippen molar-refractivity contribution in [2.45, 2.75) is 58.6 Å². The zero-order chi connectivity index (χ0) is 20.7. The van der Waals surface area contributed by atoms with Crippen LogP contribution in [0.3, 0.4) is 0 Å². The molecule has 29 heavy (non-hydrogen) atoms. The Morgan fingerprint density at radius 2 is 1.76 bits per heavy atom. The van der Waals surface area contributed by atoms with Crippen LogP contribution in [0.5, 0.6) is 0 Å². The molecule has 1 fully saturated rings. The van der Waals surface area contributed by atoms with Crippen LogP contribution in [0.15, 0.2) is 42.5 Å². The monoisotopic (exact) mass is 395 g/mol. The van der Waals surface area contributed by atoms with Crippen molar-refractivity contribution in [1.29, 1.82) is 0 Å². The van der Waals surface area contributed by atoms with E-state index in [0.717, 1.165) is 28.9 Å². The fourth-order valence-electron chi connectivity index (χ4n) is 3.47. The SMILES string of the molecule is C1CCNCC1.CC(C)(C)OC(=O)N1CCc2nc(-c3ccccc3)ccc2C1. The zero-order valence-electron chi connectivity index (χ0n) is 17.9. The topological polar surface area (TPSA) is 54.5 Å². The molecule has 0 bridgehead atoms. The first-order chi connectivity index (χ1) is 13.9. The highest BCUT2D eigenvalue weighted by Crippen LogP contribution is 2.24. The number of carbonyl (C=O) groups is 1. The molecule has 156 valence electrons. The van der Waals surface area contributed by atoms with E-state index in [0.29, 0.717) is 13.1 Å². The van der Waals surface area contributed by atoms with Crippen LogP contribution >= 0.6 is 0 Å². The Labute approximate surface area is 174 Å². The van der Waals surface area contributed by atoms with Crippen molar-refractivity contribution in [1.82, 2.24) is 15.2 Å². The lowest BCUT2D eigenvalue weighted by atomic mass is 10.0. The normalized spacial score (nSPS) is 16.3. The molecule has 5 nitrogen and oxygen atoms in total. The minimum Gasteiger partial charge on any atom is -0.444 e. The Kier molecular flexibility index (Phi) is 7.26. The van der Waals surface area contributed by atoms with Gasteiger partial charge in [-0.3, -0.25) is 4.98 Å². The van der Waals surface area contributed by atoms with Crippen molar-refractivity contribution >= 4 is 6.09 Å². The Morgan fingerprint density at radius 3 is 2.34 bits per heavy atom. The summed E-state index contributed by atoms with van der Waals surface area (Å²) in [5.74, 6) is 0. The van der Waals surface area contributed by atoms with Crippen molar-refractivity contribution < 1.29 is 9.53 Å². The molecule has 1 aromatic carbocycles. The van der Waals surface area contributed by atoms with E-state index in [-0.39, 0.29) is 6.09 Å². The number of piperidine rings is 1. The summed E-state index contributed by atoms with van der Waals surface area (Å²) in [7, 11) is 0. The first-order valence-corrected chi connectivity index (χ1v) is 10.7. The molecule has 1 N–H and O–H groups in total. The summed E-state index contributed by atoms with van der Waals surface area (Å²) in [6.07, 6.45) is 4.72. The molecule has 1 saturated heterocycles. The highest BCUT2D eigenvalue weighted by molar-refractivity contribution is 5.69. The predicted octanol–water partition coefficient (Wildman–Crippen LogP) is 4.80. The molecule has 2 aromatic rings. The second kappa shape index (κ2) is 9.88. The molecule has 0 radical (unpaired) electrons. The van der Waals surface area contributed by atoms with Crippen molar-refractivity contribution in [2.24, 2.45) is 0 Å². The molecule has 5 heteroatoms. The third kappa shape index (κ3) is 6.57. The van der Waals surface area contributed by atoms with Gasteiger partial charge in [0, 0.05) is 24.2 Å². The third-order valence-electron chi connectivity index (χ3n) is 4.98. The molecular weight excluding hydrogens is 362 g/mol. The van der Waals surface area contributed by atoms with Gasteiger partial charge in [0.25, 0.3) is 0 Å². The molecule has 1 amide bonds. The lowest BCUT2D eigenvalue weighted by Crippen LogP contribution is -2.40. The molecule has 0 aliphatic carbocycles. The Bertz CT molecular complexity index is 784. The lowest BCUT2D eigenvalue weighted by Gasteiger charge is -2.31. The Morgan fingerprint density at radius 1 is 1.03 bits per heavy atom. The number of benzene rings is 1. The van der Waals surface area contributed by atoms with Gasteiger partial charge in [0.1, 0.15) is 5.60 Å². The molecule has 0 saturated carbocycles. The Balaban J connectivity index is 0.000000343. The number of aromatic nitrogens is 1. The van der Waals surface area contributed by atoms with Gasteiger partial charge in [-0.05, 0) is 58.3 Å². The fraction of sp³-hybridized carbons (Fsp3) is 0.500. The average Bonchev–Trinajstić information content (AvgIpc) is 2.74. The number of nitrogens with zero attached hydrogens (tertiary/aromatic N) is 2. The van der Waals surface area contributed by atoms with Crippen LogP contribution in [-0.4, -0.2) is 41.2 Å². The largest absolute Gasteiger partial charge is 0.444 e. The van der Waals surface area contributed by atoms with Gasteiger partial charge in [-0.25, -0.2) is 4.79 Å². The van der Waals surface area contributed by atoms with E-state index in [2.05, 4.69) is 23.5 Å². The van der Waals surface area contributed by atoms with Crippen LogP contribution in [0.2, 0.25) is 0 Å². The number of nitrogens with one attached hydrogen (secondary N) is 1. The number of carbonyl (C=O) groups excluding carboxylic acids is 1. The molecule has 1 aromatic heterocycles. The first kappa shape index (κ1) is 21.3. The average molecular weight is 396 g/mol. The van der Waals surface area contributed by atoms with Gasteiger partial charge >= 0.3 is 6.09 Å². The van der Waals surface area contributed by atoms with Gasteiger partial charge in [-0.2, -0.15) is 0 Å². The van der Waals surface area contributed by atoms with Crippen LogP contribution in [0.4, 0.5) is 4.79 Å². The number of hydrogen-bond donors (Lipinski definition) is 1. The van der Waals surface area contributed by atoms with E-state index in [1.807, 2.05) is 45.0 Å². The van der Waals surface area contributed by atoms with Gasteiger partial charge < -0.3 is 15.0 Å². The summed E-state index contributed by atoms with van der Waals surface area (Å²) in [6, 6.07) is 14.2. The highest BCUT2D eigenvalue weighted by Gasteiger charge is 2.26. The van der Waals surface area contributed by atoms with Crippen molar-refractivity contribution in [2.75, 3.05) is 19.6 Å². The maximum atomic E-state index is 12.2. The van der Waals surface area contributed by atoms with Gasteiger partial charge in [0.15, 0.2) is 0 Å². The van der Waals surface area contributed by atoms with E-state index >= 15 is 0 Å². The second-order valence-corrected chi connectivity index (χ2v) is 8.63. The lowest BCUT2D eigenvalue weighted by molar-refractivity contribution is 0.0223. The van der Waals surface area contributed by atoms with E-state index in [1.165, 1.54) is 32.4 Å². The molecule has 0 atom stereocenters. The van der Waals surface area contributed by atoms with E-state index in [4.69, 9.17) is 9.72 Å². The highest BCUT2D eigenvalue weighted by atomic mass is 16.6. The van der Waals surface area contributed by atoms with E-state index < -0.39 is 5.60 Å². The smallest absolute Gasteiger partial charge is 0.410 e. The van der Waals surface area contributed by atoms with Crippen LogP contribution < -0.4 is 5.32 Å². The van der Waals surface area contributed by atoms with Crippen LogP contribution in [-0.2, 0) is 17.7 Å². The standard InChI is InChI=1S/C19H22N2O2.C5H11N/c1-19(2,3)23-18(22)21-12-11-17-15(13-21)9-10-16(20-17)14-7-5-4-6-8-14;1-2-4-6-5-3-1/h4-10H,11-13H2,1-3H3;6H,1-5H2. The minimum atomic E-state index is -0.465. The summed E-state index contributed by atoms with van der Waals surface area (Å²) in [6.45, 7) is 9.36. The molecule has 2 aliphatic rings. The molecule has 4 rings (SSSR count). The number of pyridine rings is 1. The van der Waals surface area contributed by atoms with Crippen molar-refractivity contribution in [3.63, 3.8) is 0 Å². The summed E-state index contributed by atoms with van der Waals surface area (Å²) in [5.41, 5.74) is 3.81. The number of hydrogen-bond acceptors (Lipinski definition) is 4. The van der Waals surface area contributed by atoms with Crippen molar-refractivity contribution in [3.8, 4) is 11.3 Å². The maximum absolute atomic E-state index is 12.2. The third-order valence-corrected chi connectivity index (χ3v) is 4.98. The van der Waals surface area contributed by atoms with Crippen LogP contribution in [0, 0.1) is 0 Å². The van der Waals surface area contributed by atoms with Crippen molar-refractivity contribution in [3.05, 3.63) is 53.7 Å². The number of fused-ring (bicyclic) bond motifs is 1. The van der Waals surface area contributed by atoms with Gasteiger partial charge in [0.05, 0.1) is 12.2 Å². The Hall–Kier alpha value is -2.40. The second-order valence-electron chi connectivity index (χ2n) is 8.63. The van der Waals surface area contributed by atoms with Gasteiger partial charge in [-0.1, -0.05) is 42.8 Å². The molecular formula is C24H33N3O2. The molecule has 2 aliphatic heterocycles. The van der Waals surface area contributed by atoms with Gasteiger partial charge in [-0.15, -0.1) is 0 Å². The number of ether oxygens (including phenoxy) is 1. The van der Waals surface area contributed by atoms with E-state index in [1.54, 1.807) is 4.90 Å². The summed E-state index contributed by atoms with van der Waals surface area (Å²) >= 11 is 0. The zero-order valence-corrected chi connectivity index (χ0v) is 17.9. The van der Waals surface area contributed by atoms with Crippen LogP contribution in [0.25, 0.3) is 11.3 Å². The first-order valence-electron chi connectivity index (χ1n) is 10.7. The summed E-state index contributed by atoms with van der Waals surface area (Å²) in [4.78, 5) is 18.7. The van der Waals surface area contributed by atoms with E-state index in [9.17, 15) is 4.79 Å². The predicted molar refractivity (Wildman–Crippen MR) is 117 cm³/mol. The molecule has 0 unspecified atom stereocenters.